The van der Waals surface area contributed by atoms with Crippen molar-refractivity contribution in [2.75, 3.05) is 13.1 Å². The van der Waals surface area contributed by atoms with Crippen molar-refractivity contribution in [3.8, 4) is 12.3 Å². The summed E-state index contributed by atoms with van der Waals surface area (Å²) < 4.78 is 0. The van der Waals surface area contributed by atoms with Crippen molar-refractivity contribution in [1.29, 1.82) is 0 Å². The van der Waals surface area contributed by atoms with E-state index >= 15 is 0 Å². The molecule has 14 heavy (non-hydrogen) atoms. The minimum Gasteiger partial charge on any atom is -0.330 e. The van der Waals surface area contributed by atoms with Gasteiger partial charge in [-0.15, -0.1) is 6.42 Å². The van der Waals surface area contributed by atoms with Crippen LogP contribution < -0.4 is 5.73 Å². The van der Waals surface area contributed by atoms with Gasteiger partial charge in [0.25, 0.3) is 0 Å². The Hall–Kier alpha value is -1.01. The maximum absolute atomic E-state index is 11.7. The first kappa shape index (κ1) is 11.1. The van der Waals surface area contributed by atoms with E-state index in [9.17, 15) is 4.79 Å². The number of hydrogen-bond donors (Lipinski definition) is 1. The van der Waals surface area contributed by atoms with E-state index in [4.69, 9.17) is 12.2 Å². The Morgan fingerprint density at radius 3 is 2.79 bits per heavy atom. The topological polar surface area (TPSA) is 46.3 Å². The monoisotopic (exact) mass is 194 g/mol. The lowest BCUT2D eigenvalue weighted by Crippen LogP contribution is -2.46. The molecule has 1 aliphatic rings. The zero-order valence-corrected chi connectivity index (χ0v) is 8.92. The van der Waals surface area contributed by atoms with E-state index in [1.54, 1.807) is 4.90 Å². The Balaban J connectivity index is 2.80. The van der Waals surface area contributed by atoms with Gasteiger partial charge in [0.2, 0.25) is 5.91 Å². The first-order valence-electron chi connectivity index (χ1n) is 5.05. The van der Waals surface area contributed by atoms with Gasteiger partial charge in [0.05, 0.1) is 0 Å². The molecule has 0 aliphatic carbocycles. The molecule has 0 aromatic carbocycles. The largest absolute Gasteiger partial charge is 0.330 e. The molecular formula is C11H18N2O. The molecule has 0 aromatic heterocycles. The number of hydrogen-bond acceptors (Lipinski definition) is 2. The molecule has 3 heteroatoms. The van der Waals surface area contributed by atoms with E-state index in [0.29, 0.717) is 19.5 Å². The highest BCUT2D eigenvalue weighted by Crippen LogP contribution is 2.27. The predicted molar refractivity (Wildman–Crippen MR) is 56.4 cm³/mol. The molecule has 1 aliphatic heterocycles. The number of nitrogens with zero attached hydrogens (tertiary/aromatic N) is 1. The van der Waals surface area contributed by atoms with Crippen LogP contribution in [0, 0.1) is 18.3 Å². The molecule has 1 rings (SSSR count). The molecule has 0 saturated carbocycles. The minimum atomic E-state index is -0.430. The third kappa shape index (κ3) is 1.76. The van der Waals surface area contributed by atoms with E-state index in [1.807, 2.05) is 13.8 Å². The second-order valence-corrected chi connectivity index (χ2v) is 4.08. The van der Waals surface area contributed by atoms with Crippen LogP contribution >= 0.6 is 0 Å². The minimum absolute atomic E-state index is 0.141. The predicted octanol–water partition coefficient (Wildman–Crippen LogP) is 0.595. The third-order valence-electron chi connectivity index (χ3n) is 3.13. The van der Waals surface area contributed by atoms with Crippen LogP contribution in [0.4, 0.5) is 0 Å². The van der Waals surface area contributed by atoms with Crippen LogP contribution in [-0.4, -0.2) is 29.4 Å². The number of carbonyl (C=O) groups is 1. The summed E-state index contributed by atoms with van der Waals surface area (Å²) >= 11 is 0. The van der Waals surface area contributed by atoms with E-state index < -0.39 is 5.54 Å². The molecule has 78 valence electrons. The summed E-state index contributed by atoms with van der Waals surface area (Å²) in [6.45, 7) is 5.21. The van der Waals surface area contributed by atoms with Crippen molar-refractivity contribution in [3.63, 3.8) is 0 Å². The number of rotatable bonds is 3. The molecule has 0 aromatic rings. The Kier molecular flexibility index (Phi) is 3.17. The van der Waals surface area contributed by atoms with Crippen LogP contribution in [0.15, 0.2) is 0 Å². The van der Waals surface area contributed by atoms with Gasteiger partial charge in [-0.1, -0.05) is 12.8 Å². The lowest BCUT2D eigenvalue weighted by molar-refractivity contribution is -0.131. The van der Waals surface area contributed by atoms with Crippen LogP contribution in [0.5, 0.6) is 0 Å². The smallest absolute Gasteiger partial charge is 0.224 e. The molecule has 0 bridgehead atoms. The van der Waals surface area contributed by atoms with Crippen LogP contribution in [0.3, 0.4) is 0 Å². The zero-order valence-electron chi connectivity index (χ0n) is 8.92. The molecule has 1 heterocycles. The Bertz CT molecular complexity index is 269. The highest BCUT2D eigenvalue weighted by atomic mass is 16.2. The summed E-state index contributed by atoms with van der Waals surface area (Å²) in [5, 5.41) is 0. The fourth-order valence-electron chi connectivity index (χ4n) is 1.79. The fourth-order valence-corrected chi connectivity index (χ4v) is 1.79. The van der Waals surface area contributed by atoms with E-state index in [2.05, 4.69) is 5.92 Å². The Morgan fingerprint density at radius 2 is 2.43 bits per heavy atom. The molecular weight excluding hydrogens is 176 g/mol. The van der Waals surface area contributed by atoms with Crippen molar-refractivity contribution in [3.05, 3.63) is 0 Å². The third-order valence-corrected chi connectivity index (χ3v) is 3.13. The van der Waals surface area contributed by atoms with Gasteiger partial charge in [0.1, 0.15) is 5.54 Å². The van der Waals surface area contributed by atoms with Gasteiger partial charge in [0, 0.05) is 13.0 Å². The van der Waals surface area contributed by atoms with E-state index in [1.165, 1.54) is 0 Å². The molecule has 1 saturated heterocycles. The summed E-state index contributed by atoms with van der Waals surface area (Å²) in [6.07, 6.45) is 6.80. The second kappa shape index (κ2) is 4.02. The van der Waals surface area contributed by atoms with Crippen molar-refractivity contribution < 1.29 is 4.79 Å². The van der Waals surface area contributed by atoms with Crippen LogP contribution in [0.25, 0.3) is 0 Å². The molecule has 0 spiro atoms. The van der Waals surface area contributed by atoms with Crippen LogP contribution in [-0.2, 0) is 4.79 Å². The Labute approximate surface area is 85.6 Å². The highest BCUT2D eigenvalue weighted by molar-refractivity contribution is 5.80. The summed E-state index contributed by atoms with van der Waals surface area (Å²) in [5.41, 5.74) is 5.12. The quantitative estimate of drug-likeness (QED) is 0.669. The summed E-state index contributed by atoms with van der Waals surface area (Å²) in [6, 6.07) is 0. The zero-order chi connectivity index (χ0) is 10.8. The number of terminal acetylenes is 1. The number of likely N-dealkylation sites (tertiary alicyclic amines) is 1. The average molecular weight is 194 g/mol. The number of nitrogens with two attached hydrogens (primary N) is 1. The molecule has 1 amide bonds. The first-order valence-corrected chi connectivity index (χ1v) is 5.05. The van der Waals surface area contributed by atoms with Gasteiger partial charge in [0.15, 0.2) is 0 Å². The summed E-state index contributed by atoms with van der Waals surface area (Å²) in [5.74, 6) is 3.13. The van der Waals surface area contributed by atoms with Gasteiger partial charge >= 0.3 is 0 Å². The molecule has 3 nitrogen and oxygen atoms in total. The van der Waals surface area contributed by atoms with Gasteiger partial charge in [-0.3, -0.25) is 4.79 Å². The molecule has 2 N–H and O–H groups in total. The van der Waals surface area contributed by atoms with E-state index in [-0.39, 0.29) is 11.8 Å². The SMILES string of the molecule is C#CC(C)(CC)N1CC(CN)CC1=O. The number of carbonyl (C=O) groups excluding carboxylic acids is 1. The van der Waals surface area contributed by atoms with Crippen LogP contribution in [0.1, 0.15) is 26.7 Å². The van der Waals surface area contributed by atoms with Gasteiger partial charge in [-0.05, 0) is 25.8 Å². The molecule has 2 atom stereocenters. The normalized spacial score (nSPS) is 26.0. The van der Waals surface area contributed by atoms with Crippen molar-refractivity contribution in [2.45, 2.75) is 32.2 Å². The molecule has 1 fully saturated rings. The van der Waals surface area contributed by atoms with Crippen molar-refractivity contribution in [1.82, 2.24) is 4.90 Å². The maximum atomic E-state index is 11.7. The fraction of sp³-hybridized carbons (Fsp3) is 0.727. The van der Waals surface area contributed by atoms with E-state index in [0.717, 1.165) is 6.42 Å². The maximum Gasteiger partial charge on any atom is 0.224 e. The molecule has 0 radical (unpaired) electrons. The average Bonchev–Trinajstić information content (AvgIpc) is 2.59. The summed E-state index contributed by atoms with van der Waals surface area (Å²) in [4.78, 5) is 13.5. The first-order chi connectivity index (χ1) is 6.57. The standard InChI is InChI=1S/C11H18N2O/c1-4-11(3,5-2)13-8-9(7-12)6-10(13)14/h1,9H,5-8,12H2,2-3H3. The van der Waals surface area contributed by atoms with Crippen molar-refractivity contribution >= 4 is 5.91 Å². The van der Waals surface area contributed by atoms with Crippen LogP contribution in [0.2, 0.25) is 0 Å². The van der Waals surface area contributed by atoms with Gasteiger partial charge in [-0.2, -0.15) is 0 Å². The number of amides is 1. The lowest BCUT2D eigenvalue weighted by Gasteiger charge is -2.33. The second-order valence-electron chi connectivity index (χ2n) is 4.08. The van der Waals surface area contributed by atoms with Gasteiger partial charge in [-0.25, -0.2) is 0 Å². The van der Waals surface area contributed by atoms with Gasteiger partial charge < -0.3 is 10.6 Å². The lowest BCUT2D eigenvalue weighted by atomic mass is 9.98. The summed E-state index contributed by atoms with van der Waals surface area (Å²) in [7, 11) is 0. The highest BCUT2D eigenvalue weighted by Gasteiger charge is 2.38. The Morgan fingerprint density at radius 1 is 1.79 bits per heavy atom. The van der Waals surface area contributed by atoms with Crippen molar-refractivity contribution in [2.24, 2.45) is 11.7 Å². The molecule has 2 unspecified atom stereocenters.